The molecule has 0 aliphatic heterocycles. The van der Waals surface area contributed by atoms with Crippen molar-refractivity contribution in [2.75, 3.05) is 7.11 Å². The largest absolute Gasteiger partial charge is 0.494 e. The molecule has 0 radical (unpaired) electrons. The van der Waals surface area contributed by atoms with Crippen LogP contribution >= 0.6 is 0 Å². The molecule has 0 heterocycles. The molecule has 0 amide bonds. The van der Waals surface area contributed by atoms with Gasteiger partial charge in [0, 0.05) is 0 Å². The Morgan fingerprint density at radius 3 is 2.26 bits per heavy atom. The lowest BCUT2D eigenvalue weighted by molar-refractivity contribution is 0.113. The van der Waals surface area contributed by atoms with Crippen molar-refractivity contribution in [3.63, 3.8) is 0 Å². The lowest BCUT2D eigenvalue weighted by Gasteiger charge is -2.42. The van der Waals surface area contributed by atoms with E-state index < -0.39 is 17.5 Å². The highest BCUT2D eigenvalue weighted by molar-refractivity contribution is 5.66. The van der Waals surface area contributed by atoms with Gasteiger partial charge < -0.3 is 4.74 Å². The lowest BCUT2D eigenvalue weighted by atomic mass is 9.63. The molecular weight excluding hydrogens is 397 g/mol. The Morgan fingerprint density at radius 2 is 1.58 bits per heavy atom. The maximum Gasteiger partial charge on any atom is 0.165 e. The van der Waals surface area contributed by atoms with Crippen LogP contribution in [0, 0.1) is 35.2 Å². The van der Waals surface area contributed by atoms with E-state index in [2.05, 4.69) is 6.92 Å². The first-order valence-corrected chi connectivity index (χ1v) is 11.8. The summed E-state index contributed by atoms with van der Waals surface area (Å²) in [6.07, 6.45) is 11.0. The Kier molecular flexibility index (Phi) is 6.93. The highest BCUT2D eigenvalue weighted by atomic mass is 19.1. The third-order valence-electron chi connectivity index (χ3n) is 7.66. The number of ether oxygens (including phenoxy) is 1. The van der Waals surface area contributed by atoms with Gasteiger partial charge in [0.05, 0.1) is 12.7 Å². The number of benzene rings is 2. The zero-order valence-electron chi connectivity index (χ0n) is 18.6. The van der Waals surface area contributed by atoms with E-state index in [-0.39, 0.29) is 22.8 Å². The molecule has 2 saturated carbocycles. The second kappa shape index (κ2) is 9.67. The minimum absolute atomic E-state index is 0.0577. The van der Waals surface area contributed by atoms with Crippen molar-refractivity contribution in [1.82, 2.24) is 0 Å². The van der Waals surface area contributed by atoms with Crippen molar-refractivity contribution in [1.29, 1.82) is 0 Å². The first-order valence-electron chi connectivity index (χ1n) is 11.8. The van der Waals surface area contributed by atoms with Crippen molar-refractivity contribution >= 4 is 0 Å². The van der Waals surface area contributed by atoms with Gasteiger partial charge in [-0.05, 0) is 91.2 Å². The molecule has 2 aliphatic carbocycles. The third-order valence-corrected chi connectivity index (χ3v) is 7.66. The van der Waals surface area contributed by atoms with Crippen LogP contribution in [0.1, 0.15) is 76.2 Å². The average Bonchev–Trinajstić information content (AvgIpc) is 2.77. The van der Waals surface area contributed by atoms with Crippen LogP contribution in [0.5, 0.6) is 5.75 Å². The summed E-state index contributed by atoms with van der Waals surface area (Å²) < 4.78 is 48.9. The van der Waals surface area contributed by atoms with Gasteiger partial charge in [-0.1, -0.05) is 38.7 Å². The Labute approximate surface area is 184 Å². The van der Waals surface area contributed by atoms with Crippen LogP contribution in [0.2, 0.25) is 0 Å². The Hall–Kier alpha value is -1.97. The number of hydrogen-bond donors (Lipinski definition) is 0. The Bertz CT molecular complexity index is 886. The summed E-state index contributed by atoms with van der Waals surface area (Å²) >= 11 is 0. The van der Waals surface area contributed by atoms with Crippen molar-refractivity contribution < 1.29 is 17.9 Å². The molecule has 2 aromatic rings. The quantitative estimate of drug-likeness (QED) is 0.448. The van der Waals surface area contributed by atoms with Crippen LogP contribution in [0.3, 0.4) is 0 Å². The summed E-state index contributed by atoms with van der Waals surface area (Å²) in [6.45, 7) is 2.26. The maximum absolute atomic E-state index is 15.0. The number of methoxy groups -OCH3 is 1. The minimum atomic E-state index is -0.629. The molecule has 0 bridgehead atoms. The number of halogens is 3. The summed E-state index contributed by atoms with van der Waals surface area (Å²) in [5, 5.41) is 0. The van der Waals surface area contributed by atoms with Crippen molar-refractivity contribution in [2.24, 2.45) is 17.8 Å². The van der Waals surface area contributed by atoms with E-state index in [0.29, 0.717) is 5.92 Å². The molecule has 4 rings (SSSR count). The second-order valence-electron chi connectivity index (χ2n) is 9.56. The Morgan fingerprint density at radius 1 is 0.871 bits per heavy atom. The normalized spacial score (nSPS) is 25.8. The van der Waals surface area contributed by atoms with E-state index in [4.69, 9.17) is 4.74 Å². The first-order chi connectivity index (χ1) is 15.0. The number of rotatable bonds is 6. The lowest BCUT2D eigenvalue weighted by Crippen LogP contribution is -2.30. The molecule has 2 aliphatic rings. The van der Waals surface area contributed by atoms with E-state index in [9.17, 15) is 13.2 Å². The predicted octanol–water partition coefficient (Wildman–Crippen LogP) is 8.27. The predicted molar refractivity (Wildman–Crippen MR) is 119 cm³/mol. The maximum atomic E-state index is 15.0. The molecule has 2 aromatic carbocycles. The van der Waals surface area contributed by atoms with Crippen LogP contribution in [0.4, 0.5) is 13.2 Å². The van der Waals surface area contributed by atoms with Crippen molar-refractivity contribution in [3.8, 4) is 16.9 Å². The van der Waals surface area contributed by atoms with Crippen LogP contribution in [0.15, 0.2) is 30.3 Å². The molecule has 31 heavy (non-hydrogen) atoms. The topological polar surface area (TPSA) is 9.23 Å². The summed E-state index contributed by atoms with van der Waals surface area (Å²) in [6, 6.07) is 6.96. The van der Waals surface area contributed by atoms with Gasteiger partial charge in [0.1, 0.15) is 11.6 Å². The molecule has 4 unspecified atom stereocenters. The van der Waals surface area contributed by atoms with E-state index in [1.54, 1.807) is 0 Å². The van der Waals surface area contributed by atoms with Gasteiger partial charge in [0.15, 0.2) is 11.6 Å². The summed E-state index contributed by atoms with van der Waals surface area (Å²) in [7, 11) is 1.36. The van der Waals surface area contributed by atoms with E-state index in [0.717, 1.165) is 42.7 Å². The summed E-state index contributed by atoms with van der Waals surface area (Å²) in [5.41, 5.74) is 0.767. The SMILES string of the molecule is CCCCC1CCC2CC(c3cc(F)c(-c4ccc(OC)c(F)c4)c(F)c3)CCC2C1. The van der Waals surface area contributed by atoms with Crippen molar-refractivity contribution in [3.05, 3.63) is 53.3 Å². The van der Waals surface area contributed by atoms with E-state index >= 15 is 0 Å². The summed E-state index contributed by atoms with van der Waals surface area (Å²) in [4.78, 5) is 0. The fraction of sp³-hybridized carbons (Fsp3) is 0.556. The minimum Gasteiger partial charge on any atom is -0.494 e. The molecule has 0 aromatic heterocycles. The number of fused-ring (bicyclic) bond motifs is 1. The average molecular weight is 431 g/mol. The molecule has 0 spiro atoms. The smallest absolute Gasteiger partial charge is 0.165 e. The molecule has 4 heteroatoms. The van der Waals surface area contributed by atoms with Gasteiger partial charge in [-0.3, -0.25) is 0 Å². The highest BCUT2D eigenvalue weighted by Gasteiger charge is 2.36. The van der Waals surface area contributed by atoms with Gasteiger partial charge in [0.25, 0.3) is 0 Å². The van der Waals surface area contributed by atoms with Gasteiger partial charge in [0.2, 0.25) is 0 Å². The highest BCUT2D eigenvalue weighted by Crippen LogP contribution is 2.49. The summed E-state index contributed by atoms with van der Waals surface area (Å²) in [5.74, 6) is 0.727. The molecule has 168 valence electrons. The molecule has 1 nitrogen and oxygen atoms in total. The second-order valence-corrected chi connectivity index (χ2v) is 9.56. The molecule has 0 saturated heterocycles. The number of hydrogen-bond acceptors (Lipinski definition) is 1. The molecular formula is C27H33F3O. The zero-order valence-corrected chi connectivity index (χ0v) is 18.6. The first kappa shape index (κ1) is 22.2. The zero-order chi connectivity index (χ0) is 22.0. The van der Waals surface area contributed by atoms with Crippen molar-refractivity contribution in [2.45, 2.75) is 70.6 Å². The van der Waals surface area contributed by atoms with Crippen LogP contribution in [0.25, 0.3) is 11.1 Å². The monoisotopic (exact) mass is 430 g/mol. The van der Waals surface area contributed by atoms with Gasteiger partial charge >= 0.3 is 0 Å². The van der Waals surface area contributed by atoms with Crippen LogP contribution < -0.4 is 4.74 Å². The van der Waals surface area contributed by atoms with E-state index in [1.165, 1.54) is 69.9 Å². The Balaban J connectivity index is 1.49. The van der Waals surface area contributed by atoms with Gasteiger partial charge in [-0.15, -0.1) is 0 Å². The third kappa shape index (κ3) is 4.78. The molecule has 2 fully saturated rings. The van der Waals surface area contributed by atoms with Gasteiger partial charge in [-0.25, -0.2) is 13.2 Å². The van der Waals surface area contributed by atoms with E-state index in [1.807, 2.05) is 0 Å². The molecule has 4 atom stereocenters. The van der Waals surface area contributed by atoms with Crippen LogP contribution in [-0.2, 0) is 0 Å². The van der Waals surface area contributed by atoms with Gasteiger partial charge in [-0.2, -0.15) is 0 Å². The standard InChI is InChI=1S/C27H33F3O/c1-3-4-5-17-6-7-19-13-20(9-8-18(19)12-17)22-15-24(29)27(25(30)16-22)21-10-11-26(31-2)23(28)14-21/h10-11,14-20H,3-9,12-13H2,1-2H3. The van der Waals surface area contributed by atoms with Crippen LogP contribution in [-0.4, -0.2) is 7.11 Å². The fourth-order valence-electron chi connectivity index (χ4n) is 5.97. The molecule has 0 N–H and O–H groups in total. The fourth-order valence-corrected chi connectivity index (χ4v) is 5.97. The number of unbranched alkanes of at least 4 members (excludes halogenated alkanes) is 1.